The van der Waals surface area contributed by atoms with E-state index in [1.165, 1.54) is 0 Å². The van der Waals surface area contributed by atoms with Gasteiger partial charge in [-0.15, -0.1) is 0 Å². The van der Waals surface area contributed by atoms with Crippen molar-refractivity contribution in [2.24, 2.45) is 5.73 Å². The number of carbonyl (C=O) groups excluding carboxylic acids is 1. The summed E-state index contributed by atoms with van der Waals surface area (Å²) < 4.78 is 14.3. The number of pyridine rings is 1. The molecular formula is C22H23FN6OS. The standard InChI is InChI=1S/C22H23FN6OS/c1-3-16-17(11-24)22(31-19(20(25)30)14-7-5-4-6-8-14)28-21(18(16)26-2)29-10-9-27-12-15(23)13-29/h4-8,15,19,27H,3,9-10,12-13H2,1H3,(H2,25,30). The van der Waals surface area contributed by atoms with Gasteiger partial charge in [-0.1, -0.05) is 49.0 Å². The third kappa shape index (κ3) is 4.96. The highest BCUT2D eigenvalue weighted by Crippen LogP contribution is 2.42. The van der Waals surface area contributed by atoms with E-state index in [2.05, 4.69) is 21.2 Å². The number of alkyl halides is 1. The number of amides is 1. The van der Waals surface area contributed by atoms with Gasteiger partial charge in [0.25, 0.3) is 0 Å². The Balaban J connectivity index is 2.14. The summed E-state index contributed by atoms with van der Waals surface area (Å²) in [4.78, 5) is 22.2. The van der Waals surface area contributed by atoms with Crippen LogP contribution >= 0.6 is 11.8 Å². The third-order valence-electron chi connectivity index (χ3n) is 5.03. The molecule has 0 saturated carbocycles. The lowest BCUT2D eigenvalue weighted by molar-refractivity contribution is -0.117. The van der Waals surface area contributed by atoms with Gasteiger partial charge in [0, 0.05) is 19.6 Å². The molecule has 2 aromatic rings. The number of nitriles is 1. The summed E-state index contributed by atoms with van der Waals surface area (Å²) in [6.45, 7) is 10.9. The van der Waals surface area contributed by atoms with Crippen LogP contribution in [-0.4, -0.2) is 43.2 Å². The van der Waals surface area contributed by atoms with Gasteiger partial charge in [0.15, 0.2) is 0 Å². The van der Waals surface area contributed by atoms with Crippen LogP contribution in [0.2, 0.25) is 0 Å². The van der Waals surface area contributed by atoms with Crippen molar-refractivity contribution in [3.8, 4) is 6.07 Å². The number of halogens is 1. The summed E-state index contributed by atoms with van der Waals surface area (Å²) in [6.07, 6.45) is -0.677. The van der Waals surface area contributed by atoms with Gasteiger partial charge >= 0.3 is 0 Å². The minimum Gasteiger partial charge on any atom is -0.368 e. The first-order chi connectivity index (χ1) is 15.0. The number of nitrogens with two attached hydrogens (primary N) is 1. The van der Waals surface area contributed by atoms with Gasteiger partial charge in [-0.25, -0.2) is 14.2 Å². The molecule has 160 valence electrons. The number of hydrogen-bond acceptors (Lipinski definition) is 6. The highest BCUT2D eigenvalue weighted by atomic mass is 32.2. The quantitative estimate of drug-likeness (QED) is 0.531. The SMILES string of the molecule is [C-]#[N+]c1c(N2CCNCC(F)C2)nc(SC(C(N)=O)c2ccccc2)c(C#N)c1CC. The molecule has 0 aliphatic carbocycles. The number of nitrogens with zero attached hydrogens (tertiary/aromatic N) is 4. The molecule has 1 aliphatic heterocycles. The number of benzene rings is 1. The number of aromatic nitrogens is 1. The van der Waals surface area contributed by atoms with Gasteiger partial charge in [0.2, 0.25) is 11.6 Å². The normalized spacial score (nSPS) is 17.3. The topological polar surface area (TPSA) is 99.4 Å². The van der Waals surface area contributed by atoms with E-state index >= 15 is 0 Å². The largest absolute Gasteiger partial charge is 0.368 e. The maximum Gasteiger partial charge on any atom is 0.235 e. The van der Waals surface area contributed by atoms with Gasteiger partial charge in [-0.3, -0.25) is 4.79 Å². The number of primary amides is 1. The first-order valence-corrected chi connectivity index (χ1v) is 10.8. The van der Waals surface area contributed by atoms with Gasteiger partial charge in [0.1, 0.15) is 28.3 Å². The van der Waals surface area contributed by atoms with E-state index in [9.17, 15) is 14.4 Å². The molecule has 0 spiro atoms. The minimum atomic E-state index is -1.11. The second-order valence-electron chi connectivity index (χ2n) is 7.08. The van der Waals surface area contributed by atoms with Crippen molar-refractivity contribution in [2.45, 2.75) is 29.8 Å². The fourth-order valence-corrected chi connectivity index (χ4v) is 4.62. The molecule has 7 nitrogen and oxygen atoms in total. The lowest BCUT2D eigenvalue weighted by atomic mass is 10.1. The molecule has 1 amide bonds. The molecule has 1 aromatic heterocycles. The molecule has 2 unspecified atom stereocenters. The number of rotatable bonds is 6. The van der Waals surface area contributed by atoms with Crippen LogP contribution < -0.4 is 16.0 Å². The lowest BCUT2D eigenvalue weighted by Crippen LogP contribution is -2.32. The van der Waals surface area contributed by atoms with E-state index in [1.807, 2.05) is 13.0 Å². The summed E-state index contributed by atoms with van der Waals surface area (Å²) in [7, 11) is 0. The molecule has 2 atom stereocenters. The monoisotopic (exact) mass is 438 g/mol. The second kappa shape index (κ2) is 10.3. The van der Waals surface area contributed by atoms with Gasteiger partial charge in [-0.2, -0.15) is 5.26 Å². The number of nitrogens with one attached hydrogen (secondary N) is 1. The van der Waals surface area contributed by atoms with E-state index in [0.29, 0.717) is 41.5 Å². The van der Waals surface area contributed by atoms with Crippen molar-refractivity contribution in [2.75, 3.05) is 31.1 Å². The van der Waals surface area contributed by atoms with E-state index in [0.717, 1.165) is 11.8 Å². The molecular weight excluding hydrogens is 415 g/mol. The molecule has 9 heteroatoms. The lowest BCUT2D eigenvalue weighted by Gasteiger charge is -2.26. The molecule has 1 aromatic carbocycles. The van der Waals surface area contributed by atoms with Crippen LogP contribution in [0.1, 0.15) is 28.9 Å². The molecule has 3 N–H and O–H groups in total. The summed E-state index contributed by atoms with van der Waals surface area (Å²) in [6, 6.07) is 11.2. The Morgan fingerprint density at radius 1 is 1.52 bits per heavy atom. The number of hydrogen-bond donors (Lipinski definition) is 2. The van der Waals surface area contributed by atoms with Crippen molar-refractivity contribution in [1.82, 2.24) is 10.3 Å². The Bertz CT molecular complexity index is 1030. The fraction of sp³-hybridized carbons (Fsp3) is 0.364. The molecule has 3 rings (SSSR count). The Kier molecular flexibility index (Phi) is 7.45. The predicted molar refractivity (Wildman–Crippen MR) is 119 cm³/mol. The van der Waals surface area contributed by atoms with Crippen molar-refractivity contribution in [1.29, 1.82) is 5.26 Å². The van der Waals surface area contributed by atoms with Crippen LogP contribution in [0.3, 0.4) is 0 Å². The van der Waals surface area contributed by atoms with E-state index < -0.39 is 17.3 Å². The number of anilines is 1. The zero-order valence-corrected chi connectivity index (χ0v) is 18.0. The van der Waals surface area contributed by atoms with Gasteiger partial charge < -0.3 is 16.0 Å². The molecule has 1 aliphatic rings. The maximum absolute atomic E-state index is 14.3. The Labute approximate surface area is 185 Å². The molecule has 2 heterocycles. The number of thioether (sulfide) groups is 1. The van der Waals surface area contributed by atoms with Crippen LogP contribution in [-0.2, 0) is 11.2 Å². The highest BCUT2D eigenvalue weighted by Gasteiger charge is 2.28. The zero-order chi connectivity index (χ0) is 22.4. The average molecular weight is 439 g/mol. The van der Waals surface area contributed by atoms with Crippen LogP contribution in [0.25, 0.3) is 4.85 Å². The maximum atomic E-state index is 14.3. The van der Waals surface area contributed by atoms with Gasteiger partial charge in [-0.05, 0) is 17.5 Å². The first-order valence-electron chi connectivity index (χ1n) is 9.95. The summed E-state index contributed by atoms with van der Waals surface area (Å²) in [5.74, 6) is -0.213. The molecule has 1 saturated heterocycles. The van der Waals surface area contributed by atoms with Crippen molar-refractivity contribution in [3.05, 3.63) is 58.4 Å². The minimum absolute atomic E-state index is 0.0968. The average Bonchev–Trinajstić information content (AvgIpc) is 3.00. The highest BCUT2D eigenvalue weighted by molar-refractivity contribution is 8.00. The summed E-state index contributed by atoms with van der Waals surface area (Å²) in [5, 5.41) is 12.5. The Morgan fingerprint density at radius 3 is 2.87 bits per heavy atom. The summed E-state index contributed by atoms with van der Waals surface area (Å²) in [5.41, 5.74) is 7.43. The van der Waals surface area contributed by atoms with Crippen molar-refractivity contribution >= 4 is 29.2 Å². The molecule has 31 heavy (non-hydrogen) atoms. The van der Waals surface area contributed by atoms with E-state index in [1.54, 1.807) is 29.2 Å². The fourth-order valence-electron chi connectivity index (χ4n) is 3.56. The smallest absolute Gasteiger partial charge is 0.235 e. The number of carbonyl (C=O) groups is 1. The van der Waals surface area contributed by atoms with Gasteiger partial charge in [0.05, 0.1) is 18.7 Å². The van der Waals surface area contributed by atoms with Crippen LogP contribution in [0.4, 0.5) is 15.9 Å². The zero-order valence-electron chi connectivity index (χ0n) is 17.1. The second-order valence-corrected chi connectivity index (χ2v) is 8.17. The van der Waals surface area contributed by atoms with Crippen LogP contribution in [0, 0.1) is 17.9 Å². The third-order valence-corrected chi connectivity index (χ3v) is 6.29. The molecule has 1 fully saturated rings. The van der Waals surface area contributed by atoms with Crippen LogP contribution in [0.15, 0.2) is 35.4 Å². The van der Waals surface area contributed by atoms with Crippen LogP contribution in [0.5, 0.6) is 0 Å². The molecule has 0 radical (unpaired) electrons. The van der Waals surface area contributed by atoms with E-state index in [4.69, 9.17) is 12.3 Å². The first kappa shape index (κ1) is 22.5. The Hall–Kier alpha value is -3.14. The predicted octanol–water partition coefficient (Wildman–Crippen LogP) is 3.13. The van der Waals surface area contributed by atoms with Crippen molar-refractivity contribution < 1.29 is 9.18 Å². The van der Waals surface area contributed by atoms with Crippen molar-refractivity contribution in [3.63, 3.8) is 0 Å². The summed E-state index contributed by atoms with van der Waals surface area (Å²) >= 11 is 1.09. The Morgan fingerprint density at radius 2 is 2.26 bits per heavy atom. The van der Waals surface area contributed by atoms with E-state index in [-0.39, 0.29) is 24.3 Å². The molecule has 0 bridgehead atoms.